The smallest absolute Gasteiger partial charge is 0.163 e. The highest BCUT2D eigenvalue weighted by atomic mass is 16.5. The molecule has 1 atom stereocenters. The van der Waals surface area contributed by atoms with Gasteiger partial charge in [-0.3, -0.25) is 4.79 Å². The van der Waals surface area contributed by atoms with Gasteiger partial charge in [0.2, 0.25) is 0 Å². The number of hydrogen-bond acceptors (Lipinski definition) is 4. The maximum atomic E-state index is 11.4. The Balaban J connectivity index is 1.82. The first-order chi connectivity index (χ1) is 8.66. The normalized spacial score (nSPS) is 16.3. The molecule has 2 rings (SSSR count). The van der Waals surface area contributed by atoms with Crippen molar-refractivity contribution < 1.29 is 14.6 Å². The standard InChI is InChI=1S/C14H19NO3/c1-10(16)13-4-2-3-5-14(13)18-9-12(17)8-15-11-6-7-11/h2-5,11-12,15,17H,6-9H2,1H3. The number of ether oxygens (including phenoxy) is 1. The average molecular weight is 249 g/mol. The summed E-state index contributed by atoms with van der Waals surface area (Å²) >= 11 is 0. The van der Waals surface area contributed by atoms with Crippen LogP contribution in [0.1, 0.15) is 30.1 Å². The Morgan fingerprint density at radius 1 is 1.50 bits per heavy atom. The molecule has 0 saturated heterocycles. The number of Topliss-reactive ketones (excluding diaryl/α,β-unsaturated/α-hetero) is 1. The summed E-state index contributed by atoms with van der Waals surface area (Å²) < 4.78 is 5.50. The van der Waals surface area contributed by atoms with Crippen LogP contribution in [0.4, 0.5) is 0 Å². The first kappa shape index (κ1) is 13.1. The minimum absolute atomic E-state index is 0.0313. The number of nitrogens with one attached hydrogen (secondary N) is 1. The molecular formula is C14H19NO3. The number of benzene rings is 1. The highest BCUT2D eigenvalue weighted by Gasteiger charge is 2.21. The van der Waals surface area contributed by atoms with Crippen molar-refractivity contribution in [3.8, 4) is 5.75 Å². The molecule has 1 unspecified atom stereocenters. The molecule has 0 amide bonds. The molecule has 4 nitrogen and oxygen atoms in total. The molecule has 1 saturated carbocycles. The average Bonchev–Trinajstić information content (AvgIpc) is 3.18. The van der Waals surface area contributed by atoms with E-state index in [1.54, 1.807) is 18.2 Å². The third-order valence-corrected chi connectivity index (χ3v) is 2.92. The molecule has 0 bridgehead atoms. The fourth-order valence-corrected chi connectivity index (χ4v) is 1.72. The number of aliphatic hydroxyl groups is 1. The summed E-state index contributed by atoms with van der Waals surface area (Å²) in [6.45, 7) is 2.24. The lowest BCUT2D eigenvalue weighted by atomic mass is 10.1. The van der Waals surface area contributed by atoms with Crippen LogP contribution >= 0.6 is 0 Å². The van der Waals surface area contributed by atoms with Crippen molar-refractivity contribution in [3.63, 3.8) is 0 Å². The minimum Gasteiger partial charge on any atom is -0.490 e. The van der Waals surface area contributed by atoms with Crippen LogP contribution in [-0.2, 0) is 0 Å². The van der Waals surface area contributed by atoms with E-state index in [1.807, 2.05) is 6.07 Å². The zero-order valence-corrected chi connectivity index (χ0v) is 10.6. The van der Waals surface area contributed by atoms with Crippen molar-refractivity contribution in [1.82, 2.24) is 5.32 Å². The second-order valence-corrected chi connectivity index (χ2v) is 4.70. The van der Waals surface area contributed by atoms with Gasteiger partial charge in [-0.25, -0.2) is 0 Å². The van der Waals surface area contributed by atoms with Crippen LogP contribution in [0.3, 0.4) is 0 Å². The predicted molar refractivity (Wildman–Crippen MR) is 69.0 cm³/mol. The molecule has 0 heterocycles. The van der Waals surface area contributed by atoms with Gasteiger partial charge in [0.25, 0.3) is 0 Å². The van der Waals surface area contributed by atoms with E-state index in [0.717, 1.165) is 0 Å². The molecule has 18 heavy (non-hydrogen) atoms. The van der Waals surface area contributed by atoms with Crippen molar-refractivity contribution >= 4 is 5.78 Å². The van der Waals surface area contributed by atoms with Gasteiger partial charge < -0.3 is 15.2 Å². The van der Waals surface area contributed by atoms with E-state index in [9.17, 15) is 9.90 Å². The highest BCUT2D eigenvalue weighted by Crippen LogP contribution is 2.19. The van der Waals surface area contributed by atoms with E-state index in [2.05, 4.69) is 5.32 Å². The molecule has 1 aliphatic rings. The number of para-hydroxylation sites is 1. The predicted octanol–water partition coefficient (Wildman–Crippen LogP) is 1.38. The van der Waals surface area contributed by atoms with Crippen LogP contribution in [0.2, 0.25) is 0 Å². The summed E-state index contributed by atoms with van der Waals surface area (Å²) in [7, 11) is 0. The van der Waals surface area contributed by atoms with Crippen molar-refractivity contribution in [2.24, 2.45) is 0 Å². The number of carbonyl (C=O) groups is 1. The molecule has 1 aromatic rings. The summed E-state index contributed by atoms with van der Waals surface area (Å²) in [5, 5.41) is 13.0. The number of ketones is 1. The lowest BCUT2D eigenvalue weighted by Gasteiger charge is -2.14. The summed E-state index contributed by atoms with van der Waals surface area (Å²) in [6, 6.07) is 7.67. The quantitative estimate of drug-likeness (QED) is 0.717. The highest BCUT2D eigenvalue weighted by molar-refractivity contribution is 5.96. The Bertz CT molecular complexity index is 415. The number of rotatable bonds is 7. The second-order valence-electron chi connectivity index (χ2n) is 4.70. The number of aliphatic hydroxyl groups excluding tert-OH is 1. The van der Waals surface area contributed by atoms with Gasteiger partial charge in [-0.15, -0.1) is 0 Å². The zero-order valence-electron chi connectivity index (χ0n) is 10.6. The summed E-state index contributed by atoms with van der Waals surface area (Å²) in [5.41, 5.74) is 0.555. The molecule has 0 radical (unpaired) electrons. The van der Waals surface area contributed by atoms with Gasteiger partial charge in [-0.05, 0) is 31.9 Å². The van der Waals surface area contributed by atoms with Crippen molar-refractivity contribution in [1.29, 1.82) is 0 Å². The summed E-state index contributed by atoms with van der Waals surface area (Å²) in [5.74, 6) is 0.506. The Labute approximate surface area is 107 Å². The van der Waals surface area contributed by atoms with Crippen LogP contribution in [0, 0.1) is 0 Å². The van der Waals surface area contributed by atoms with Gasteiger partial charge in [0, 0.05) is 12.6 Å². The molecule has 4 heteroatoms. The van der Waals surface area contributed by atoms with E-state index in [0.29, 0.717) is 23.9 Å². The molecule has 98 valence electrons. The van der Waals surface area contributed by atoms with E-state index >= 15 is 0 Å². The SMILES string of the molecule is CC(=O)c1ccccc1OCC(O)CNC1CC1. The molecule has 1 fully saturated rings. The van der Waals surface area contributed by atoms with E-state index in [4.69, 9.17) is 4.74 Å². The maximum absolute atomic E-state index is 11.4. The fourth-order valence-electron chi connectivity index (χ4n) is 1.72. The molecular weight excluding hydrogens is 230 g/mol. The maximum Gasteiger partial charge on any atom is 0.163 e. The zero-order chi connectivity index (χ0) is 13.0. The molecule has 2 N–H and O–H groups in total. The molecule has 1 aromatic carbocycles. The van der Waals surface area contributed by atoms with Gasteiger partial charge in [-0.2, -0.15) is 0 Å². The topological polar surface area (TPSA) is 58.6 Å². The van der Waals surface area contributed by atoms with Gasteiger partial charge in [0.1, 0.15) is 18.5 Å². The lowest BCUT2D eigenvalue weighted by molar-refractivity contribution is 0.0973. The van der Waals surface area contributed by atoms with Gasteiger partial charge in [0.05, 0.1) is 5.56 Å². The van der Waals surface area contributed by atoms with Crippen LogP contribution in [0.25, 0.3) is 0 Å². The summed E-state index contributed by atoms with van der Waals surface area (Å²) in [4.78, 5) is 11.4. The first-order valence-corrected chi connectivity index (χ1v) is 6.31. The number of hydrogen-bond donors (Lipinski definition) is 2. The van der Waals surface area contributed by atoms with E-state index in [-0.39, 0.29) is 12.4 Å². The monoisotopic (exact) mass is 249 g/mol. The Morgan fingerprint density at radius 3 is 2.89 bits per heavy atom. The largest absolute Gasteiger partial charge is 0.490 e. The molecule has 0 spiro atoms. The van der Waals surface area contributed by atoms with Gasteiger partial charge in [0.15, 0.2) is 5.78 Å². The number of carbonyl (C=O) groups excluding carboxylic acids is 1. The van der Waals surface area contributed by atoms with Crippen LogP contribution in [-0.4, -0.2) is 36.2 Å². The van der Waals surface area contributed by atoms with Gasteiger partial charge >= 0.3 is 0 Å². The molecule has 1 aliphatic carbocycles. The summed E-state index contributed by atoms with van der Waals surface area (Å²) in [6.07, 6.45) is 1.84. The Morgan fingerprint density at radius 2 is 2.22 bits per heavy atom. The van der Waals surface area contributed by atoms with Crippen molar-refractivity contribution in [3.05, 3.63) is 29.8 Å². The second kappa shape index (κ2) is 5.98. The molecule has 0 aliphatic heterocycles. The van der Waals surface area contributed by atoms with E-state index < -0.39 is 6.10 Å². The van der Waals surface area contributed by atoms with Crippen LogP contribution < -0.4 is 10.1 Å². The third-order valence-electron chi connectivity index (χ3n) is 2.92. The lowest BCUT2D eigenvalue weighted by Crippen LogP contribution is -2.32. The Hall–Kier alpha value is -1.39. The fraction of sp³-hybridized carbons (Fsp3) is 0.500. The van der Waals surface area contributed by atoms with Crippen LogP contribution in [0.15, 0.2) is 24.3 Å². The molecule has 0 aromatic heterocycles. The van der Waals surface area contributed by atoms with Crippen molar-refractivity contribution in [2.45, 2.75) is 31.9 Å². The van der Waals surface area contributed by atoms with Crippen LogP contribution in [0.5, 0.6) is 5.75 Å². The third kappa shape index (κ3) is 3.82. The van der Waals surface area contributed by atoms with Crippen molar-refractivity contribution in [2.75, 3.05) is 13.2 Å². The van der Waals surface area contributed by atoms with E-state index in [1.165, 1.54) is 19.8 Å². The van der Waals surface area contributed by atoms with Gasteiger partial charge in [-0.1, -0.05) is 12.1 Å². The Kier molecular flexibility index (Phi) is 4.33. The first-order valence-electron chi connectivity index (χ1n) is 6.31. The minimum atomic E-state index is -0.550.